The zero-order valence-electron chi connectivity index (χ0n) is 25.5. The van der Waals surface area contributed by atoms with Crippen molar-refractivity contribution < 1.29 is 32.2 Å². The van der Waals surface area contributed by atoms with Gasteiger partial charge in [-0.3, -0.25) is 9.10 Å². The molecule has 1 N–H and O–H groups in total. The van der Waals surface area contributed by atoms with Crippen LogP contribution in [-0.2, 0) is 14.8 Å². The molecule has 0 aliphatic carbocycles. The van der Waals surface area contributed by atoms with E-state index in [1.165, 1.54) is 45.7 Å². The number of sulfonamides is 1. The van der Waals surface area contributed by atoms with E-state index in [2.05, 4.69) is 15.1 Å². The number of methoxy groups -OCH3 is 3. The smallest absolute Gasteiger partial charge is 0.264 e. The highest BCUT2D eigenvalue weighted by molar-refractivity contribution is 7.92. The molecular weight excluding hydrogens is 584 g/mol. The van der Waals surface area contributed by atoms with E-state index in [1.807, 2.05) is 51.1 Å². The molecular formula is C32H36N4O7S. The Morgan fingerprint density at radius 3 is 2.16 bits per heavy atom. The molecule has 0 bridgehead atoms. The van der Waals surface area contributed by atoms with Crippen molar-refractivity contribution in [3.63, 3.8) is 0 Å². The van der Waals surface area contributed by atoms with Gasteiger partial charge >= 0.3 is 0 Å². The van der Waals surface area contributed by atoms with E-state index in [0.717, 1.165) is 32.7 Å². The maximum atomic E-state index is 13.8. The van der Waals surface area contributed by atoms with E-state index in [0.29, 0.717) is 18.1 Å². The van der Waals surface area contributed by atoms with Crippen molar-refractivity contribution in [3.05, 3.63) is 89.7 Å². The quantitative estimate of drug-likeness (QED) is 0.167. The van der Waals surface area contributed by atoms with Gasteiger partial charge in [0.25, 0.3) is 15.9 Å². The number of hydrogen-bond donors (Lipinski definition) is 1. The normalized spacial score (nSPS) is 11.3. The third-order valence-corrected chi connectivity index (χ3v) is 8.63. The Balaban J connectivity index is 1.56. The highest BCUT2D eigenvalue weighted by Gasteiger charge is 2.28. The highest BCUT2D eigenvalue weighted by atomic mass is 32.2. The number of benzene rings is 3. The van der Waals surface area contributed by atoms with Crippen LogP contribution in [0.2, 0.25) is 0 Å². The second kappa shape index (κ2) is 14.0. The Morgan fingerprint density at radius 1 is 0.886 bits per heavy atom. The van der Waals surface area contributed by atoms with Gasteiger partial charge in [-0.15, -0.1) is 0 Å². The van der Waals surface area contributed by atoms with E-state index in [-0.39, 0.29) is 16.3 Å². The van der Waals surface area contributed by atoms with E-state index < -0.39 is 22.5 Å². The number of hydrogen-bond acceptors (Lipinski definition) is 8. The highest BCUT2D eigenvalue weighted by Crippen LogP contribution is 2.32. The minimum absolute atomic E-state index is 0.0796. The van der Waals surface area contributed by atoms with Crippen LogP contribution in [-0.4, -0.2) is 59.6 Å². The number of aryl methyl sites for hydroxylation is 1. The van der Waals surface area contributed by atoms with Crippen molar-refractivity contribution in [1.29, 1.82) is 0 Å². The van der Waals surface area contributed by atoms with Crippen LogP contribution in [0.3, 0.4) is 0 Å². The van der Waals surface area contributed by atoms with E-state index in [1.54, 1.807) is 24.3 Å². The van der Waals surface area contributed by atoms with Crippen molar-refractivity contribution in [2.75, 3.05) is 38.8 Å². The average molecular weight is 621 g/mol. The summed E-state index contributed by atoms with van der Waals surface area (Å²) in [7, 11) is 0.160. The molecule has 0 fully saturated rings. The van der Waals surface area contributed by atoms with Crippen LogP contribution in [0.5, 0.6) is 23.0 Å². The Labute approximate surface area is 257 Å². The lowest BCUT2D eigenvalue weighted by molar-refractivity contribution is -0.119. The van der Waals surface area contributed by atoms with Gasteiger partial charge in [0.1, 0.15) is 18.0 Å². The average Bonchev–Trinajstić information content (AvgIpc) is 3.32. The van der Waals surface area contributed by atoms with Gasteiger partial charge in [-0.25, -0.2) is 13.8 Å². The molecule has 0 aliphatic rings. The maximum Gasteiger partial charge on any atom is 0.264 e. The Kier molecular flexibility index (Phi) is 10.2. The fourth-order valence-electron chi connectivity index (χ4n) is 4.68. The number of aromatic nitrogens is 1. The van der Waals surface area contributed by atoms with Gasteiger partial charge in [0.05, 0.1) is 44.7 Å². The monoisotopic (exact) mass is 620 g/mol. The fraction of sp³-hybridized carbons (Fsp3) is 0.250. The van der Waals surface area contributed by atoms with Gasteiger partial charge in [0.15, 0.2) is 11.5 Å². The number of anilines is 1. The molecule has 44 heavy (non-hydrogen) atoms. The van der Waals surface area contributed by atoms with Crippen LogP contribution in [0.25, 0.3) is 5.69 Å². The van der Waals surface area contributed by atoms with Crippen molar-refractivity contribution >= 4 is 27.8 Å². The van der Waals surface area contributed by atoms with Gasteiger partial charge in [-0.2, -0.15) is 5.10 Å². The van der Waals surface area contributed by atoms with Gasteiger partial charge in [-0.05, 0) is 87.5 Å². The summed E-state index contributed by atoms with van der Waals surface area (Å²) in [6, 6.07) is 20.3. The van der Waals surface area contributed by atoms with E-state index in [4.69, 9.17) is 18.9 Å². The first-order chi connectivity index (χ1) is 21.1. The lowest BCUT2D eigenvalue weighted by Gasteiger charge is -2.24. The topological polar surface area (TPSA) is 121 Å². The molecule has 3 aromatic carbocycles. The third-order valence-electron chi connectivity index (χ3n) is 6.86. The van der Waals surface area contributed by atoms with Gasteiger partial charge in [0.2, 0.25) is 0 Å². The number of rotatable bonds is 13. The standard InChI is InChI=1S/C32H36N4O7S/c1-7-43-28-14-10-26(11-15-28)36-22(2)18-24(23(36)3)20-33-34-32(37)21-35(25-8-12-27(40-4)13-9-25)44(38,39)29-16-17-30(41-5)31(19-29)42-6/h8-20H,7,21H2,1-6H3,(H,34,37)/b33-20+. The minimum atomic E-state index is -4.22. The number of carbonyl (C=O) groups excluding carboxylic acids is 1. The molecule has 0 spiro atoms. The molecule has 4 aromatic rings. The maximum absolute atomic E-state index is 13.8. The SMILES string of the molecule is CCOc1ccc(-n2c(C)cc(/C=N/NC(=O)CN(c3ccc(OC)cc3)S(=O)(=O)c3ccc(OC)c(OC)c3)c2C)cc1. The number of ether oxygens (including phenoxy) is 4. The summed E-state index contributed by atoms with van der Waals surface area (Å²) in [5, 5.41) is 4.13. The van der Waals surface area contributed by atoms with Crippen molar-refractivity contribution in [3.8, 4) is 28.7 Å². The summed E-state index contributed by atoms with van der Waals surface area (Å²) < 4.78 is 52.0. The molecule has 1 heterocycles. The number of nitrogens with one attached hydrogen (secondary N) is 1. The summed E-state index contributed by atoms with van der Waals surface area (Å²) in [5.41, 5.74) is 6.38. The van der Waals surface area contributed by atoms with Gasteiger partial charge < -0.3 is 23.5 Å². The molecule has 0 atom stereocenters. The molecule has 12 heteroatoms. The van der Waals surface area contributed by atoms with Crippen LogP contribution in [0.4, 0.5) is 5.69 Å². The van der Waals surface area contributed by atoms with E-state index >= 15 is 0 Å². The fourth-order valence-corrected chi connectivity index (χ4v) is 6.12. The predicted molar refractivity (Wildman–Crippen MR) is 169 cm³/mol. The Bertz CT molecular complexity index is 1730. The van der Waals surface area contributed by atoms with Crippen LogP contribution in [0.15, 0.2) is 82.8 Å². The Morgan fingerprint density at radius 2 is 1.55 bits per heavy atom. The number of carbonyl (C=O) groups is 1. The second-order valence-electron chi connectivity index (χ2n) is 9.61. The van der Waals surface area contributed by atoms with Crippen molar-refractivity contribution in [2.24, 2.45) is 5.10 Å². The molecule has 0 unspecified atom stereocenters. The third kappa shape index (κ3) is 6.97. The molecule has 0 aliphatic heterocycles. The van der Waals surface area contributed by atoms with Crippen LogP contribution in [0, 0.1) is 13.8 Å². The van der Waals surface area contributed by atoms with Gasteiger partial charge in [-0.1, -0.05) is 0 Å². The summed E-state index contributed by atoms with van der Waals surface area (Å²) >= 11 is 0. The lowest BCUT2D eigenvalue weighted by Crippen LogP contribution is -2.39. The van der Waals surface area contributed by atoms with Gasteiger partial charge in [0, 0.05) is 28.7 Å². The first kappa shape index (κ1) is 32.0. The van der Waals surface area contributed by atoms with Crippen LogP contribution in [0.1, 0.15) is 23.9 Å². The molecule has 1 aromatic heterocycles. The molecule has 1 amide bonds. The molecule has 0 saturated carbocycles. The number of nitrogens with zero attached hydrogens (tertiary/aromatic N) is 3. The molecule has 232 valence electrons. The van der Waals surface area contributed by atoms with Crippen molar-refractivity contribution in [2.45, 2.75) is 25.7 Å². The first-order valence-electron chi connectivity index (χ1n) is 13.8. The zero-order chi connectivity index (χ0) is 31.9. The lowest BCUT2D eigenvalue weighted by atomic mass is 10.2. The van der Waals surface area contributed by atoms with Crippen LogP contribution < -0.4 is 28.7 Å². The summed E-state index contributed by atoms with van der Waals surface area (Å²) in [5.74, 6) is 1.30. The minimum Gasteiger partial charge on any atom is -0.497 e. The summed E-state index contributed by atoms with van der Waals surface area (Å²) in [6.45, 7) is 5.92. The molecule has 0 saturated heterocycles. The number of hydrazone groups is 1. The summed E-state index contributed by atoms with van der Waals surface area (Å²) in [6.07, 6.45) is 1.53. The van der Waals surface area contributed by atoms with Crippen molar-refractivity contribution in [1.82, 2.24) is 9.99 Å². The largest absolute Gasteiger partial charge is 0.497 e. The number of amides is 1. The predicted octanol–water partition coefficient (Wildman–Crippen LogP) is 4.86. The molecule has 0 radical (unpaired) electrons. The van der Waals surface area contributed by atoms with E-state index in [9.17, 15) is 13.2 Å². The second-order valence-corrected chi connectivity index (χ2v) is 11.5. The molecule has 11 nitrogen and oxygen atoms in total. The Hall–Kier alpha value is -4.97. The first-order valence-corrected chi connectivity index (χ1v) is 15.2. The molecule has 4 rings (SSSR count). The van der Waals surface area contributed by atoms with Crippen LogP contribution >= 0.6 is 0 Å². The summed E-state index contributed by atoms with van der Waals surface area (Å²) in [4.78, 5) is 13.0. The zero-order valence-corrected chi connectivity index (χ0v) is 26.3.